The first-order valence-corrected chi connectivity index (χ1v) is 14.3. The van der Waals surface area contributed by atoms with E-state index in [1.54, 1.807) is 0 Å². The summed E-state index contributed by atoms with van der Waals surface area (Å²) < 4.78 is 24.4. The molecule has 7 nitrogen and oxygen atoms in total. The fourth-order valence-electron chi connectivity index (χ4n) is 5.03. The van der Waals surface area contributed by atoms with Gasteiger partial charge >= 0.3 is 6.09 Å². The van der Waals surface area contributed by atoms with Crippen LogP contribution in [0.3, 0.4) is 0 Å². The Balaban J connectivity index is 1.34. The Hall–Kier alpha value is -4.01. The predicted octanol–water partition coefficient (Wildman–Crippen LogP) is 5.76. The van der Waals surface area contributed by atoms with Crippen LogP contribution in [-0.4, -0.2) is 53.6 Å². The quantitative estimate of drug-likeness (QED) is 0.235. The number of aliphatic hydroxyl groups excluding tert-OH is 1. The fourth-order valence-corrected chi connectivity index (χ4v) is 5.03. The largest absolute Gasteiger partial charge is 0.445 e. The van der Waals surface area contributed by atoms with Crippen LogP contribution < -0.4 is 0 Å². The van der Waals surface area contributed by atoms with Gasteiger partial charge < -0.3 is 24.1 Å². The van der Waals surface area contributed by atoms with E-state index in [1.165, 1.54) is 4.90 Å². The van der Waals surface area contributed by atoms with E-state index in [2.05, 4.69) is 0 Å². The van der Waals surface area contributed by atoms with Gasteiger partial charge in [0.05, 0.1) is 39.0 Å². The second kappa shape index (κ2) is 15.3. The number of carbonyl (C=O) groups excluding carboxylic acids is 1. The molecule has 4 aromatic rings. The van der Waals surface area contributed by atoms with Gasteiger partial charge in [0.2, 0.25) is 0 Å². The zero-order chi connectivity index (χ0) is 29.0. The number of carbonyl (C=O) groups is 1. The fraction of sp³-hybridized carbons (Fsp3) is 0.286. The summed E-state index contributed by atoms with van der Waals surface area (Å²) in [6.45, 7) is 1.35. The Morgan fingerprint density at radius 2 is 1.10 bits per heavy atom. The molecule has 42 heavy (non-hydrogen) atoms. The Morgan fingerprint density at radius 3 is 1.62 bits per heavy atom. The average Bonchev–Trinajstić information content (AvgIpc) is 3.05. The molecule has 0 aliphatic carbocycles. The second-order valence-electron chi connectivity index (χ2n) is 10.3. The highest BCUT2D eigenvalue weighted by Crippen LogP contribution is 2.27. The summed E-state index contributed by atoms with van der Waals surface area (Å²) in [7, 11) is 0. The number of ether oxygens (including phenoxy) is 4. The van der Waals surface area contributed by atoms with Crippen LogP contribution in [0.2, 0.25) is 0 Å². The first-order valence-electron chi connectivity index (χ1n) is 14.3. The van der Waals surface area contributed by atoms with Gasteiger partial charge in [-0.25, -0.2) is 4.79 Å². The second-order valence-corrected chi connectivity index (χ2v) is 10.3. The van der Waals surface area contributed by atoms with Crippen LogP contribution >= 0.6 is 0 Å². The Kier molecular flexibility index (Phi) is 10.7. The minimum absolute atomic E-state index is 0.104. The monoisotopic (exact) mass is 567 g/mol. The number of hydrogen-bond donors (Lipinski definition) is 1. The van der Waals surface area contributed by atoms with Crippen LogP contribution in [0.15, 0.2) is 121 Å². The number of piperidine rings is 1. The van der Waals surface area contributed by atoms with Crippen molar-refractivity contribution in [3.05, 3.63) is 144 Å². The number of hydrogen-bond acceptors (Lipinski definition) is 6. The standard InChI is InChI=1S/C35H37NO6/c37-33-31(26-39-22-27-13-5-1-6-14-27)36(35(38)42-25-30-19-11-4-12-20-30)21-32(40-23-28-15-7-2-8-16-28)34(33)41-24-29-17-9-3-10-18-29/h1-20,31-34,37H,21-26H2/t31-,32+,33-,34-/m1/s1. The molecule has 0 saturated carbocycles. The molecule has 4 atom stereocenters. The number of nitrogens with zero attached hydrogens (tertiary/aromatic N) is 1. The van der Waals surface area contributed by atoms with Crippen LogP contribution in [0, 0.1) is 0 Å². The zero-order valence-corrected chi connectivity index (χ0v) is 23.5. The molecule has 1 N–H and O–H groups in total. The van der Waals surface area contributed by atoms with Crippen molar-refractivity contribution in [1.82, 2.24) is 4.90 Å². The molecule has 1 fully saturated rings. The molecule has 1 aliphatic rings. The number of likely N-dealkylation sites (tertiary alicyclic amines) is 1. The predicted molar refractivity (Wildman–Crippen MR) is 159 cm³/mol. The van der Waals surface area contributed by atoms with Crippen molar-refractivity contribution in [2.45, 2.75) is 50.8 Å². The van der Waals surface area contributed by atoms with E-state index in [4.69, 9.17) is 18.9 Å². The number of benzene rings is 4. The lowest BCUT2D eigenvalue weighted by molar-refractivity contribution is -0.187. The van der Waals surface area contributed by atoms with Gasteiger partial charge in [0.15, 0.2) is 0 Å². The summed E-state index contributed by atoms with van der Waals surface area (Å²) in [5, 5.41) is 11.7. The number of aliphatic hydroxyl groups is 1. The summed E-state index contributed by atoms with van der Waals surface area (Å²) in [6.07, 6.45) is -2.92. The van der Waals surface area contributed by atoms with Gasteiger partial charge in [0, 0.05) is 0 Å². The van der Waals surface area contributed by atoms with Gasteiger partial charge in [-0.3, -0.25) is 4.90 Å². The highest BCUT2D eigenvalue weighted by atomic mass is 16.6. The number of amides is 1. The van der Waals surface area contributed by atoms with Gasteiger partial charge in [-0.1, -0.05) is 121 Å². The van der Waals surface area contributed by atoms with Crippen LogP contribution in [0.25, 0.3) is 0 Å². The third kappa shape index (κ3) is 8.27. The Labute approximate surface area is 247 Å². The first kappa shape index (κ1) is 29.5. The topological polar surface area (TPSA) is 77.5 Å². The van der Waals surface area contributed by atoms with E-state index >= 15 is 0 Å². The lowest BCUT2D eigenvalue weighted by Gasteiger charge is -2.46. The molecule has 0 radical (unpaired) electrons. The molecule has 0 spiro atoms. The van der Waals surface area contributed by atoms with Crippen molar-refractivity contribution >= 4 is 6.09 Å². The summed E-state index contributed by atoms with van der Waals surface area (Å²) in [5.74, 6) is 0. The van der Waals surface area contributed by atoms with E-state index in [0.717, 1.165) is 22.3 Å². The van der Waals surface area contributed by atoms with Crippen molar-refractivity contribution in [1.29, 1.82) is 0 Å². The molecule has 1 heterocycles. The summed E-state index contributed by atoms with van der Waals surface area (Å²) >= 11 is 0. The Bertz CT molecular complexity index is 1340. The lowest BCUT2D eigenvalue weighted by atomic mass is 9.94. The van der Waals surface area contributed by atoms with E-state index in [0.29, 0.717) is 19.8 Å². The van der Waals surface area contributed by atoms with Gasteiger partial charge in [0.1, 0.15) is 24.9 Å². The van der Waals surface area contributed by atoms with Crippen LogP contribution in [-0.2, 0) is 45.4 Å². The summed E-state index contributed by atoms with van der Waals surface area (Å²) in [5.41, 5.74) is 3.84. The SMILES string of the molecule is O=C(OCc1ccccc1)N1C[C@H](OCc2ccccc2)[C@@H](OCc2ccccc2)[C@H](O)[C@H]1COCc1ccccc1. The molecular weight excluding hydrogens is 530 g/mol. The Morgan fingerprint density at radius 1 is 0.643 bits per heavy atom. The number of rotatable bonds is 12. The van der Waals surface area contributed by atoms with Gasteiger partial charge in [-0.05, 0) is 22.3 Å². The van der Waals surface area contributed by atoms with E-state index < -0.39 is 30.4 Å². The highest BCUT2D eigenvalue weighted by molar-refractivity contribution is 5.68. The van der Waals surface area contributed by atoms with Crippen molar-refractivity contribution in [2.75, 3.05) is 13.2 Å². The maximum atomic E-state index is 13.5. The van der Waals surface area contributed by atoms with Gasteiger partial charge in [-0.15, -0.1) is 0 Å². The summed E-state index contributed by atoms with van der Waals surface area (Å²) in [6, 6.07) is 38.2. The molecule has 1 aliphatic heterocycles. The average molecular weight is 568 g/mol. The minimum atomic E-state index is -1.08. The highest BCUT2D eigenvalue weighted by Gasteiger charge is 2.47. The van der Waals surface area contributed by atoms with Crippen molar-refractivity contribution < 1.29 is 28.8 Å². The van der Waals surface area contributed by atoms with E-state index in [9.17, 15) is 9.90 Å². The van der Waals surface area contributed by atoms with Crippen LogP contribution in [0.5, 0.6) is 0 Å². The normalized spacial score (nSPS) is 20.3. The van der Waals surface area contributed by atoms with E-state index in [-0.39, 0.29) is 19.8 Å². The lowest BCUT2D eigenvalue weighted by Crippen LogP contribution is -2.65. The smallest absolute Gasteiger partial charge is 0.410 e. The van der Waals surface area contributed by atoms with Crippen molar-refractivity contribution in [3.8, 4) is 0 Å². The third-order valence-corrected chi connectivity index (χ3v) is 7.31. The molecule has 4 aromatic carbocycles. The van der Waals surface area contributed by atoms with Crippen LogP contribution in [0.4, 0.5) is 4.79 Å². The van der Waals surface area contributed by atoms with Crippen LogP contribution in [0.1, 0.15) is 22.3 Å². The third-order valence-electron chi connectivity index (χ3n) is 7.31. The maximum Gasteiger partial charge on any atom is 0.410 e. The molecule has 1 saturated heterocycles. The summed E-state index contributed by atoms with van der Waals surface area (Å²) in [4.78, 5) is 15.0. The molecule has 0 bridgehead atoms. The molecule has 218 valence electrons. The minimum Gasteiger partial charge on any atom is -0.445 e. The molecular formula is C35H37NO6. The molecule has 5 rings (SSSR count). The van der Waals surface area contributed by atoms with Gasteiger partial charge in [0.25, 0.3) is 0 Å². The van der Waals surface area contributed by atoms with Crippen molar-refractivity contribution in [3.63, 3.8) is 0 Å². The van der Waals surface area contributed by atoms with Gasteiger partial charge in [-0.2, -0.15) is 0 Å². The molecule has 7 heteroatoms. The van der Waals surface area contributed by atoms with E-state index in [1.807, 2.05) is 121 Å². The molecule has 1 amide bonds. The first-order chi connectivity index (χ1) is 20.7. The maximum absolute atomic E-state index is 13.5. The van der Waals surface area contributed by atoms with Crippen molar-refractivity contribution in [2.24, 2.45) is 0 Å². The molecule has 0 unspecified atom stereocenters. The molecule has 0 aromatic heterocycles. The zero-order valence-electron chi connectivity index (χ0n) is 23.5.